The average molecular weight is 323 g/mol. The summed E-state index contributed by atoms with van der Waals surface area (Å²) in [4.78, 5) is 13.9. The van der Waals surface area contributed by atoms with E-state index in [2.05, 4.69) is 24.3 Å². The molecule has 1 atom stereocenters. The number of β-amino-alcohol motifs (C(OH)–C–C–N with tert-alkyl or cyclic N) is 1. The molecular formula is C20H21NO3. The van der Waals surface area contributed by atoms with Gasteiger partial charge >= 0.3 is 6.09 Å². The second kappa shape index (κ2) is 6.29. The Morgan fingerprint density at radius 3 is 2.33 bits per heavy atom. The van der Waals surface area contributed by atoms with Crippen LogP contribution in [0.25, 0.3) is 11.1 Å². The van der Waals surface area contributed by atoms with Crippen LogP contribution in [0.4, 0.5) is 4.79 Å². The number of likely N-dealkylation sites (tertiary alicyclic amines) is 1. The van der Waals surface area contributed by atoms with E-state index in [0.717, 1.165) is 12.8 Å². The van der Waals surface area contributed by atoms with Gasteiger partial charge in [0.1, 0.15) is 6.61 Å². The van der Waals surface area contributed by atoms with E-state index in [1.165, 1.54) is 22.3 Å². The smallest absolute Gasteiger partial charge is 0.409 e. The SMILES string of the molecule is O=C(OCC1c2ccccc2-c2ccccc21)N1CCCC(O)C1. The molecule has 1 unspecified atom stereocenters. The van der Waals surface area contributed by atoms with Gasteiger partial charge < -0.3 is 14.7 Å². The fourth-order valence-electron chi connectivity index (χ4n) is 3.81. The number of hydrogen-bond donors (Lipinski definition) is 1. The third-order valence-corrected chi connectivity index (χ3v) is 4.99. The van der Waals surface area contributed by atoms with Gasteiger partial charge in [-0.05, 0) is 35.1 Å². The van der Waals surface area contributed by atoms with Crippen LogP contribution in [-0.4, -0.2) is 41.9 Å². The Hall–Kier alpha value is -2.33. The van der Waals surface area contributed by atoms with Crippen LogP contribution in [0.1, 0.15) is 29.9 Å². The number of piperidine rings is 1. The van der Waals surface area contributed by atoms with Crippen LogP contribution in [0.2, 0.25) is 0 Å². The molecule has 1 amide bonds. The quantitative estimate of drug-likeness (QED) is 0.921. The Morgan fingerprint density at radius 1 is 1.08 bits per heavy atom. The van der Waals surface area contributed by atoms with E-state index in [9.17, 15) is 9.90 Å². The molecule has 1 fully saturated rings. The number of fused-ring (bicyclic) bond motifs is 3. The molecule has 2 aromatic carbocycles. The zero-order valence-electron chi connectivity index (χ0n) is 13.5. The highest BCUT2D eigenvalue weighted by Crippen LogP contribution is 2.44. The number of aliphatic hydroxyl groups excluding tert-OH is 1. The van der Waals surface area contributed by atoms with E-state index in [4.69, 9.17) is 4.74 Å². The van der Waals surface area contributed by atoms with Crippen molar-refractivity contribution in [3.63, 3.8) is 0 Å². The Kier molecular flexibility index (Phi) is 3.98. The molecular weight excluding hydrogens is 302 g/mol. The summed E-state index contributed by atoms with van der Waals surface area (Å²) in [5, 5.41) is 9.72. The van der Waals surface area contributed by atoms with Gasteiger partial charge in [-0.1, -0.05) is 48.5 Å². The Bertz CT molecular complexity index is 713. The predicted molar refractivity (Wildman–Crippen MR) is 91.9 cm³/mol. The summed E-state index contributed by atoms with van der Waals surface area (Å²) >= 11 is 0. The van der Waals surface area contributed by atoms with Gasteiger partial charge in [0, 0.05) is 19.0 Å². The van der Waals surface area contributed by atoms with Crippen molar-refractivity contribution in [2.45, 2.75) is 24.9 Å². The Labute approximate surface area is 141 Å². The largest absolute Gasteiger partial charge is 0.448 e. The maximum atomic E-state index is 12.3. The molecule has 0 bridgehead atoms. The van der Waals surface area contributed by atoms with Gasteiger partial charge in [0.25, 0.3) is 0 Å². The molecule has 124 valence electrons. The normalized spacial score (nSPS) is 19.7. The van der Waals surface area contributed by atoms with E-state index in [0.29, 0.717) is 19.7 Å². The lowest BCUT2D eigenvalue weighted by Crippen LogP contribution is -2.42. The summed E-state index contributed by atoms with van der Waals surface area (Å²) in [5.41, 5.74) is 4.88. The standard InChI is InChI=1S/C20H21NO3/c22-14-6-5-11-21(12-14)20(23)24-13-19-17-9-3-1-7-15(17)16-8-2-4-10-18(16)19/h1-4,7-10,14,19,22H,5-6,11-13H2. The Balaban J connectivity index is 1.51. The third kappa shape index (κ3) is 2.67. The van der Waals surface area contributed by atoms with E-state index in [-0.39, 0.29) is 12.0 Å². The van der Waals surface area contributed by atoms with Crippen LogP contribution in [0.15, 0.2) is 48.5 Å². The molecule has 2 aliphatic rings. The molecule has 1 N–H and O–H groups in total. The van der Waals surface area contributed by atoms with Crippen molar-refractivity contribution in [3.8, 4) is 11.1 Å². The first-order chi connectivity index (χ1) is 11.7. The monoisotopic (exact) mass is 323 g/mol. The lowest BCUT2D eigenvalue weighted by molar-refractivity contribution is 0.0481. The first-order valence-electron chi connectivity index (χ1n) is 8.52. The Morgan fingerprint density at radius 2 is 1.71 bits per heavy atom. The molecule has 0 saturated carbocycles. The number of nitrogens with zero attached hydrogens (tertiary/aromatic N) is 1. The minimum atomic E-state index is -0.431. The highest BCUT2D eigenvalue weighted by molar-refractivity contribution is 5.79. The number of hydrogen-bond acceptors (Lipinski definition) is 3. The van der Waals surface area contributed by atoms with Gasteiger partial charge in [-0.3, -0.25) is 0 Å². The zero-order chi connectivity index (χ0) is 16.5. The van der Waals surface area contributed by atoms with Crippen LogP contribution >= 0.6 is 0 Å². The van der Waals surface area contributed by atoms with E-state index < -0.39 is 6.10 Å². The van der Waals surface area contributed by atoms with Gasteiger partial charge in [0.05, 0.1) is 6.10 Å². The number of benzene rings is 2. The topological polar surface area (TPSA) is 49.8 Å². The number of rotatable bonds is 2. The van der Waals surface area contributed by atoms with Gasteiger partial charge in [-0.2, -0.15) is 0 Å². The van der Waals surface area contributed by atoms with Crippen LogP contribution in [0, 0.1) is 0 Å². The summed E-state index contributed by atoms with van der Waals surface area (Å²) < 4.78 is 5.60. The lowest BCUT2D eigenvalue weighted by Gasteiger charge is -2.29. The summed E-state index contributed by atoms with van der Waals surface area (Å²) in [6.07, 6.45) is 0.827. The molecule has 24 heavy (non-hydrogen) atoms. The van der Waals surface area contributed by atoms with Gasteiger partial charge in [0.15, 0.2) is 0 Å². The maximum Gasteiger partial charge on any atom is 0.409 e. The van der Waals surface area contributed by atoms with Crippen LogP contribution in [0.5, 0.6) is 0 Å². The molecule has 1 heterocycles. The first kappa shape index (κ1) is 15.2. The van der Waals surface area contributed by atoms with Crippen molar-refractivity contribution in [2.75, 3.05) is 19.7 Å². The van der Waals surface area contributed by atoms with E-state index >= 15 is 0 Å². The van der Waals surface area contributed by atoms with E-state index in [1.54, 1.807) is 4.90 Å². The molecule has 2 aromatic rings. The maximum absolute atomic E-state index is 12.3. The predicted octanol–water partition coefficient (Wildman–Crippen LogP) is 3.39. The molecule has 1 saturated heterocycles. The molecule has 4 heteroatoms. The lowest BCUT2D eigenvalue weighted by atomic mass is 9.98. The van der Waals surface area contributed by atoms with Crippen molar-refractivity contribution < 1.29 is 14.6 Å². The average Bonchev–Trinajstić information content (AvgIpc) is 2.94. The second-order valence-electron chi connectivity index (χ2n) is 6.55. The fourth-order valence-corrected chi connectivity index (χ4v) is 3.81. The minimum Gasteiger partial charge on any atom is -0.448 e. The van der Waals surface area contributed by atoms with Gasteiger partial charge in [-0.25, -0.2) is 4.79 Å². The van der Waals surface area contributed by atoms with Crippen LogP contribution < -0.4 is 0 Å². The van der Waals surface area contributed by atoms with Crippen LogP contribution in [-0.2, 0) is 4.74 Å². The first-order valence-corrected chi connectivity index (χ1v) is 8.52. The highest BCUT2D eigenvalue weighted by atomic mass is 16.6. The fraction of sp³-hybridized carbons (Fsp3) is 0.350. The number of amides is 1. The summed E-state index contributed by atoms with van der Waals surface area (Å²) in [5.74, 6) is 0.0797. The van der Waals surface area contributed by atoms with Crippen LogP contribution in [0.3, 0.4) is 0 Å². The third-order valence-electron chi connectivity index (χ3n) is 4.99. The second-order valence-corrected chi connectivity index (χ2v) is 6.55. The van der Waals surface area contributed by atoms with Gasteiger partial charge in [-0.15, -0.1) is 0 Å². The van der Waals surface area contributed by atoms with E-state index in [1.807, 2.05) is 24.3 Å². The number of carbonyl (C=O) groups is 1. The summed E-state index contributed by atoms with van der Waals surface area (Å²) in [7, 11) is 0. The van der Waals surface area contributed by atoms with Crippen molar-refractivity contribution in [2.24, 2.45) is 0 Å². The number of carbonyl (C=O) groups excluding carboxylic acids is 1. The zero-order valence-corrected chi connectivity index (χ0v) is 13.5. The molecule has 1 aliphatic carbocycles. The van der Waals surface area contributed by atoms with Gasteiger partial charge in [0.2, 0.25) is 0 Å². The molecule has 4 nitrogen and oxygen atoms in total. The molecule has 0 aromatic heterocycles. The number of ether oxygens (including phenoxy) is 1. The minimum absolute atomic E-state index is 0.0797. The molecule has 4 rings (SSSR count). The summed E-state index contributed by atoms with van der Waals surface area (Å²) in [6.45, 7) is 1.36. The van der Waals surface area contributed by atoms with Crippen molar-refractivity contribution in [3.05, 3.63) is 59.7 Å². The highest BCUT2D eigenvalue weighted by Gasteiger charge is 2.30. The van der Waals surface area contributed by atoms with Crippen molar-refractivity contribution in [1.82, 2.24) is 4.90 Å². The van der Waals surface area contributed by atoms with Crippen molar-refractivity contribution >= 4 is 6.09 Å². The molecule has 0 spiro atoms. The summed E-state index contributed by atoms with van der Waals surface area (Å²) in [6, 6.07) is 16.6. The number of aliphatic hydroxyl groups is 1. The molecule has 0 radical (unpaired) electrons. The molecule has 1 aliphatic heterocycles. The van der Waals surface area contributed by atoms with Crippen molar-refractivity contribution in [1.29, 1.82) is 0 Å².